The maximum absolute atomic E-state index is 12.5. The molecule has 1 heterocycles. The van der Waals surface area contributed by atoms with Crippen LogP contribution in [0, 0.1) is 0 Å². The number of carbonyl (C=O) groups is 1. The second-order valence-corrected chi connectivity index (χ2v) is 4.30. The smallest absolute Gasteiger partial charge is 0.235 e. The number of rotatable bonds is 4. The van der Waals surface area contributed by atoms with E-state index in [0.717, 1.165) is 11.3 Å². The van der Waals surface area contributed by atoms with Crippen molar-refractivity contribution in [3.05, 3.63) is 60.4 Å². The summed E-state index contributed by atoms with van der Waals surface area (Å²) in [6, 6.07) is 13.2. The van der Waals surface area contributed by atoms with Gasteiger partial charge in [0.25, 0.3) is 0 Å². The summed E-state index contributed by atoms with van der Waals surface area (Å²) in [5.74, 6) is -0.334. The third-order valence-electron chi connectivity index (χ3n) is 3.12. The Hall–Kier alpha value is -2.20. The van der Waals surface area contributed by atoms with E-state index >= 15 is 0 Å². The first-order chi connectivity index (χ1) is 9.24. The van der Waals surface area contributed by atoms with E-state index in [0.29, 0.717) is 0 Å². The van der Waals surface area contributed by atoms with Crippen molar-refractivity contribution in [1.29, 1.82) is 0 Å². The van der Waals surface area contributed by atoms with Crippen molar-refractivity contribution in [3.63, 3.8) is 0 Å². The molecule has 2 rings (SSSR count). The van der Waals surface area contributed by atoms with E-state index in [9.17, 15) is 4.79 Å². The van der Waals surface area contributed by atoms with Crippen molar-refractivity contribution < 1.29 is 4.79 Å². The lowest BCUT2D eigenvalue weighted by Crippen LogP contribution is -2.35. The Morgan fingerprint density at radius 2 is 1.84 bits per heavy atom. The average molecular weight is 255 g/mol. The van der Waals surface area contributed by atoms with Gasteiger partial charge in [-0.1, -0.05) is 30.3 Å². The number of likely N-dealkylation sites (N-methyl/N-ethyl adjacent to an activating group) is 1. The predicted octanol–water partition coefficient (Wildman–Crippen LogP) is 1.79. The van der Waals surface area contributed by atoms with Gasteiger partial charge in [-0.3, -0.25) is 9.78 Å². The average Bonchev–Trinajstić information content (AvgIpc) is 2.49. The molecule has 0 saturated carbocycles. The third kappa shape index (κ3) is 2.98. The number of nitrogens with zero attached hydrogens (tertiary/aromatic N) is 2. The van der Waals surface area contributed by atoms with E-state index in [4.69, 9.17) is 5.73 Å². The number of hydrogen-bond acceptors (Lipinski definition) is 3. The van der Waals surface area contributed by atoms with Crippen LogP contribution in [0.15, 0.2) is 54.9 Å². The zero-order chi connectivity index (χ0) is 13.7. The minimum absolute atomic E-state index is 0.0140. The summed E-state index contributed by atoms with van der Waals surface area (Å²) < 4.78 is 0. The van der Waals surface area contributed by atoms with Gasteiger partial charge in [-0.05, 0) is 17.7 Å². The third-order valence-corrected chi connectivity index (χ3v) is 3.12. The maximum atomic E-state index is 12.5. The Balaban J connectivity index is 2.22. The number of hydrogen-bond donors (Lipinski definition) is 1. The molecule has 1 atom stereocenters. The molecule has 0 bridgehead atoms. The second kappa shape index (κ2) is 6.11. The molecule has 98 valence electrons. The van der Waals surface area contributed by atoms with Crippen molar-refractivity contribution in [2.24, 2.45) is 5.73 Å². The molecule has 1 aromatic heterocycles. The molecule has 0 fully saturated rings. The van der Waals surface area contributed by atoms with Gasteiger partial charge in [0, 0.05) is 31.7 Å². The SMILES string of the molecule is CN(C(=O)C(CN)c1ccccc1)c1ccncc1. The second-order valence-electron chi connectivity index (χ2n) is 4.30. The van der Waals surface area contributed by atoms with Gasteiger partial charge in [0.15, 0.2) is 0 Å². The van der Waals surface area contributed by atoms with Gasteiger partial charge >= 0.3 is 0 Å². The minimum Gasteiger partial charge on any atom is -0.329 e. The maximum Gasteiger partial charge on any atom is 0.235 e. The number of benzene rings is 1. The van der Waals surface area contributed by atoms with Gasteiger partial charge in [0.1, 0.15) is 0 Å². The predicted molar refractivity (Wildman–Crippen MR) is 75.9 cm³/mol. The van der Waals surface area contributed by atoms with Crippen LogP contribution in [-0.2, 0) is 4.79 Å². The molecule has 1 amide bonds. The standard InChI is InChI=1S/C15H17N3O/c1-18(13-7-9-17-10-8-13)15(19)14(11-16)12-5-3-2-4-6-12/h2-10,14H,11,16H2,1H3. The molecule has 0 spiro atoms. The Bertz CT molecular complexity index is 528. The number of amides is 1. The van der Waals surface area contributed by atoms with Crippen LogP contribution in [0.1, 0.15) is 11.5 Å². The van der Waals surface area contributed by atoms with Crippen LogP contribution < -0.4 is 10.6 Å². The fraction of sp³-hybridized carbons (Fsp3) is 0.200. The van der Waals surface area contributed by atoms with Crippen LogP contribution >= 0.6 is 0 Å². The topological polar surface area (TPSA) is 59.2 Å². The molecule has 4 heteroatoms. The van der Waals surface area contributed by atoms with E-state index in [1.807, 2.05) is 30.3 Å². The molecule has 2 aromatic rings. The van der Waals surface area contributed by atoms with Crippen LogP contribution in [0.3, 0.4) is 0 Å². The fourth-order valence-electron chi connectivity index (χ4n) is 1.99. The van der Waals surface area contributed by atoms with E-state index < -0.39 is 0 Å². The van der Waals surface area contributed by atoms with Crippen molar-refractivity contribution in [2.75, 3.05) is 18.5 Å². The van der Waals surface area contributed by atoms with E-state index in [2.05, 4.69) is 4.98 Å². The van der Waals surface area contributed by atoms with Crippen LogP contribution in [-0.4, -0.2) is 24.5 Å². The zero-order valence-corrected chi connectivity index (χ0v) is 10.9. The Kier molecular flexibility index (Phi) is 4.26. The van der Waals surface area contributed by atoms with Crippen LogP contribution in [0.25, 0.3) is 0 Å². The highest BCUT2D eigenvalue weighted by molar-refractivity contribution is 5.97. The molecule has 0 aliphatic rings. The Morgan fingerprint density at radius 3 is 2.42 bits per heavy atom. The molecule has 1 aromatic carbocycles. The van der Waals surface area contributed by atoms with Gasteiger partial charge in [-0.15, -0.1) is 0 Å². The highest BCUT2D eigenvalue weighted by atomic mass is 16.2. The highest BCUT2D eigenvalue weighted by Crippen LogP contribution is 2.20. The van der Waals surface area contributed by atoms with Crippen LogP contribution in [0.2, 0.25) is 0 Å². The first kappa shape index (κ1) is 13.2. The minimum atomic E-state index is -0.320. The summed E-state index contributed by atoms with van der Waals surface area (Å²) in [4.78, 5) is 18.1. The molecule has 1 unspecified atom stereocenters. The van der Waals surface area contributed by atoms with E-state index in [1.54, 1.807) is 36.5 Å². The molecule has 2 N–H and O–H groups in total. The number of pyridine rings is 1. The van der Waals surface area contributed by atoms with Gasteiger partial charge in [0.05, 0.1) is 5.92 Å². The number of anilines is 1. The number of aromatic nitrogens is 1. The van der Waals surface area contributed by atoms with Gasteiger partial charge < -0.3 is 10.6 Å². The normalized spacial score (nSPS) is 11.9. The summed E-state index contributed by atoms with van der Waals surface area (Å²) in [5, 5.41) is 0. The fourth-order valence-corrected chi connectivity index (χ4v) is 1.99. The number of nitrogens with two attached hydrogens (primary N) is 1. The van der Waals surface area contributed by atoms with Gasteiger partial charge in [-0.2, -0.15) is 0 Å². The molecule has 0 radical (unpaired) electrons. The monoisotopic (exact) mass is 255 g/mol. The van der Waals surface area contributed by atoms with Crippen molar-refractivity contribution in [2.45, 2.75) is 5.92 Å². The molecule has 0 saturated heterocycles. The lowest BCUT2D eigenvalue weighted by Gasteiger charge is -2.23. The first-order valence-electron chi connectivity index (χ1n) is 6.16. The lowest BCUT2D eigenvalue weighted by molar-refractivity contribution is -0.119. The highest BCUT2D eigenvalue weighted by Gasteiger charge is 2.23. The summed E-state index contributed by atoms with van der Waals surface area (Å²) in [6.45, 7) is 0.290. The van der Waals surface area contributed by atoms with Crippen LogP contribution in [0.4, 0.5) is 5.69 Å². The molecule has 0 aliphatic heterocycles. The number of carbonyl (C=O) groups excluding carboxylic acids is 1. The van der Waals surface area contributed by atoms with Crippen molar-refractivity contribution >= 4 is 11.6 Å². The Morgan fingerprint density at radius 1 is 1.21 bits per heavy atom. The lowest BCUT2D eigenvalue weighted by atomic mass is 9.98. The quantitative estimate of drug-likeness (QED) is 0.906. The van der Waals surface area contributed by atoms with Crippen molar-refractivity contribution in [1.82, 2.24) is 4.98 Å². The molecule has 0 aliphatic carbocycles. The molecular formula is C15H17N3O. The molecule has 4 nitrogen and oxygen atoms in total. The molecular weight excluding hydrogens is 238 g/mol. The van der Waals surface area contributed by atoms with E-state index in [-0.39, 0.29) is 18.4 Å². The first-order valence-corrected chi connectivity index (χ1v) is 6.16. The summed E-state index contributed by atoms with van der Waals surface area (Å²) in [5.41, 5.74) is 7.52. The van der Waals surface area contributed by atoms with Crippen LogP contribution in [0.5, 0.6) is 0 Å². The van der Waals surface area contributed by atoms with Crippen molar-refractivity contribution in [3.8, 4) is 0 Å². The van der Waals surface area contributed by atoms with Gasteiger partial charge in [0.2, 0.25) is 5.91 Å². The largest absolute Gasteiger partial charge is 0.329 e. The molecule has 19 heavy (non-hydrogen) atoms. The summed E-state index contributed by atoms with van der Waals surface area (Å²) >= 11 is 0. The summed E-state index contributed by atoms with van der Waals surface area (Å²) in [6.07, 6.45) is 3.33. The Labute approximate surface area is 112 Å². The van der Waals surface area contributed by atoms with Gasteiger partial charge in [-0.25, -0.2) is 0 Å². The van der Waals surface area contributed by atoms with E-state index in [1.165, 1.54) is 0 Å². The summed E-state index contributed by atoms with van der Waals surface area (Å²) in [7, 11) is 1.75. The zero-order valence-electron chi connectivity index (χ0n) is 10.9.